The number of para-hydroxylation sites is 2. The van der Waals surface area contributed by atoms with Crippen LogP contribution in [0.15, 0.2) is 158 Å². The zero-order chi connectivity index (χ0) is 34.1. The Balaban J connectivity index is 1.57. The van der Waals surface area contributed by atoms with Crippen molar-refractivity contribution in [2.75, 3.05) is 0 Å². The van der Waals surface area contributed by atoms with E-state index in [0.717, 1.165) is 22.3 Å². The average molecular weight is 531 g/mol. The van der Waals surface area contributed by atoms with Gasteiger partial charge in [-0.05, 0) is 68.1 Å². The lowest BCUT2D eigenvalue weighted by Crippen LogP contribution is -1.98. The Morgan fingerprint density at radius 2 is 1.00 bits per heavy atom. The molecule has 41 heavy (non-hydrogen) atoms. The molecule has 0 aliphatic heterocycles. The number of rotatable bonds is 4. The van der Waals surface area contributed by atoms with Crippen LogP contribution in [0, 0.1) is 0 Å². The van der Waals surface area contributed by atoms with E-state index >= 15 is 0 Å². The molecule has 7 aromatic carbocycles. The van der Waals surface area contributed by atoms with Crippen LogP contribution in [0.25, 0.3) is 71.9 Å². The normalized spacial score (nSPS) is 14.1. The van der Waals surface area contributed by atoms with Crippen LogP contribution < -0.4 is 0 Å². The van der Waals surface area contributed by atoms with Crippen LogP contribution in [0.2, 0.25) is 0 Å². The van der Waals surface area contributed by atoms with Gasteiger partial charge in [-0.3, -0.25) is 4.57 Å². The van der Waals surface area contributed by atoms with Crippen molar-refractivity contribution in [2.24, 2.45) is 0 Å². The van der Waals surface area contributed by atoms with Gasteiger partial charge < -0.3 is 0 Å². The highest BCUT2D eigenvalue weighted by Gasteiger charge is 2.18. The van der Waals surface area contributed by atoms with Crippen LogP contribution >= 0.6 is 0 Å². The summed E-state index contributed by atoms with van der Waals surface area (Å²) in [6.45, 7) is 0. The van der Waals surface area contributed by atoms with Crippen molar-refractivity contribution in [3.63, 3.8) is 0 Å². The highest BCUT2D eigenvalue weighted by molar-refractivity contribution is 6.21. The molecule has 1 heterocycles. The van der Waals surface area contributed by atoms with Crippen molar-refractivity contribution in [1.29, 1.82) is 0 Å². The molecule has 0 fully saturated rings. The zero-order valence-electron chi connectivity index (χ0n) is 29.8. The van der Waals surface area contributed by atoms with Gasteiger partial charge in [0.1, 0.15) is 5.82 Å². The summed E-state index contributed by atoms with van der Waals surface area (Å²) in [4.78, 5) is 4.96. The maximum absolute atomic E-state index is 9.22. The standard InChI is InChI=1S/C39H26N2/c1-3-14-27(15-4-1)37-31-20-7-9-22-33(31)38(34-23-10-8-21-32(34)37)29-18-13-19-30(26-29)41-36-25-12-11-24-35(36)40-39(41)28-16-5-2-6-17-28/h1-26H/i7D,8D,9D,10D,20D,21D,22D,23D. The fourth-order valence-electron chi connectivity index (χ4n) is 5.68. The van der Waals surface area contributed by atoms with Crippen LogP contribution in [0.5, 0.6) is 0 Å². The quantitative estimate of drug-likeness (QED) is 0.207. The molecule has 0 unspecified atom stereocenters. The molecule has 0 saturated carbocycles. The molecule has 192 valence electrons. The third kappa shape index (κ3) is 3.84. The summed E-state index contributed by atoms with van der Waals surface area (Å²) >= 11 is 0. The molecule has 0 spiro atoms. The second kappa shape index (κ2) is 9.62. The molecule has 0 aliphatic rings. The lowest BCUT2D eigenvalue weighted by atomic mass is 9.86. The van der Waals surface area contributed by atoms with E-state index in [4.69, 9.17) is 13.2 Å². The summed E-state index contributed by atoms with van der Waals surface area (Å²) in [5.41, 5.74) is 5.00. The first-order valence-corrected chi connectivity index (χ1v) is 13.3. The Bertz CT molecular complexity index is 2550. The SMILES string of the molecule is [2H]c1c([2H])c([2H])c2c(-c3cccc(-n4c(-c5ccccc5)nc5ccccc54)c3)c3c([2H])c([2H])c([2H])c([2H])c3c(-c3ccccc3)c2c1[2H]. The summed E-state index contributed by atoms with van der Waals surface area (Å²) in [5.74, 6) is 0.705. The first kappa shape index (κ1) is 16.6. The van der Waals surface area contributed by atoms with E-state index in [1.807, 2.05) is 89.5 Å². The van der Waals surface area contributed by atoms with Gasteiger partial charge in [0.2, 0.25) is 0 Å². The van der Waals surface area contributed by atoms with Crippen molar-refractivity contribution < 1.29 is 11.0 Å². The van der Waals surface area contributed by atoms with E-state index in [1.165, 1.54) is 0 Å². The predicted molar refractivity (Wildman–Crippen MR) is 172 cm³/mol. The van der Waals surface area contributed by atoms with Gasteiger partial charge in [-0.2, -0.15) is 0 Å². The Hall–Kier alpha value is -5.47. The minimum Gasteiger partial charge on any atom is -0.292 e. The van der Waals surface area contributed by atoms with Crippen molar-refractivity contribution >= 4 is 32.6 Å². The Morgan fingerprint density at radius 3 is 1.63 bits per heavy atom. The minimum absolute atomic E-state index is 0.179. The fourth-order valence-corrected chi connectivity index (χ4v) is 5.68. The molecular formula is C39H26N2. The van der Waals surface area contributed by atoms with Gasteiger partial charge in [-0.1, -0.05) is 133 Å². The molecule has 8 aromatic rings. The predicted octanol–water partition coefficient (Wildman–Crippen LogP) is 10.3. The molecule has 0 N–H and O–H groups in total. The number of aromatic nitrogens is 2. The topological polar surface area (TPSA) is 17.8 Å². The molecule has 0 saturated heterocycles. The maximum atomic E-state index is 9.22. The van der Waals surface area contributed by atoms with E-state index < -0.39 is 24.2 Å². The number of nitrogens with zero attached hydrogens (tertiary/aromatic N) is 2. The van der Waals surface area contributed by atoms with Gasteiger partial charge in [0, 0.05) is 11.3 Å². The molecule has 2 heteroatoms. The first-order valence-electron chi connectivity index (χ1n) is 17.3. The van der Waals surface area contributed by atoms with Crippen LogP contribution in [-0.4, -0.2) is 9.55 Å². The lowest BCUT2D eigenvalue weighted by molar-refractivity contribution is 1.10. The lowest BCUT2D eigenvalue weighted by Gasteiger charge is -2.18. The molecule has 0 atom stereocenters. The maximum Gasteiger partial charge on any atom is 0.145 e. The average Bonchev–Trinajstić information content (AvgIpc) is 3.54. The van der Waals surface area contributed by atoms with Gasteiger partial charge in [0.25, 0.3) is 0 Å². The van der Waals surface area contributed by atoms with Gasteiger partial charge in [0.05, 0.1) is 22.0 Å². The summed E-state index contributed by atoms with van der Waals surface area (Å²) in [6.07, 6.45) is 0. The Kier molecular flexibility index (Phi) is 3.89. The highest BCUT2D eigenvalue weighted by Crippen LogP contribution is 2.44. The number of benzene rings is 7. The smallest absolute Gasteiger partial charge is 0.145 e. The van der Waals surface area contributed by atoms with Gasteiger partial charge in [-0.25, -0.2) is 4.98 Å². The Labute approximate surface area is 250 Å². The minimum atomic E-state index is -0.430. The molecule has 8 rings (SSSR count). The summed E-state index contributed by atoms with van der Waals surface area (Å²) in [6, 6.07) is 31.2. The monoisotopic (exact) mass is 530 g/mol. The van der Waals surface area contributed by atoms with E-state index in [-0.39, 0.29) is 45.7 Å². The molecule has 1 aromatic heterocycles. The van der Waals surface area contributed by atoms with Crippen molar-refractivity contribution in [3.05, 3.63) is 158 Å². The van der Waals surface area contributed by atoms with E-state index in [2.05, 4.69) is 0 Å². The second-order valence-corrected chi connectivity index (χ2v) is 9.79. The molecule has 0 radical (unpaired) electrons. The fraction of sp³-hybridized carbons (Fsp3) is 0. The summed E-state index contributed by atoms with van der Waals surface area (Å²) in [5, 5.41) is 0.734. The van der Waals surface area contributed by atoms with Gasteiger partial charge >= 0.3 is 0 Å². The van der Waals surface area contributed by atoms with E-state index in [9.17, 15) is 2.74 Å². The van der Waals surface area contributed by atoms with Crippen LogP contribution in [0.3, 0.4) is 0 Å². The molecule has 0 amide bonds. The van der Waals surface area contributed by atoms with Crippen LogP contribution in [0.4, 0.5) is 0 Å². The Morgan fingerprint density at radius 1 is 0.488 bits per heavy atom. The molecule has 0 aliphatic carbocycles. The van der Waals surface area contributed by atoms with Gasteiger partial charge in [-0.15, -0.1) is 0 Å². The number of hydrogen-bond acceptors (Lipinski definition) is 1. The van der Waals surface area contributed by atoms with Crippen molar-refractivity contribution in [3.8, 4) is 39.3 Å². The van der Waals surface area contributed by atoms with Crippen LogP contribution in [0.1, 0.15) is 11.0 Å². The molecular weight excluding hydrogens is 496 g/mol. The summed E-state index contributed by atoms with van der Waals surface area (Å²) in [7, 11) is 0. The van der Waals surface area contributed by atoms with E-state index in [0.29, 0.717) is 28.1 Å². The molecule has 2 nitrogen and oxygen atoms in total. The largest absolute Gasteiger partial charge is 0.292 e. The second-order valence-electron chi connectivity index (χ2n) is 9.79. The third-order valence-electron chi connectivity index (χ3n) is 7.42. The molecule has 0 bridgehead atoms. The van der Waals surface area contributed by atoms with Crippen LogP contribution in [-0.2, 0) is 0 Å². The number of fused-ring (bicyclic) bond motifs is 3. The van der Waals surface area contributed by atoms with E-state index in [1.54, 1.807) is 24.3 Å². The number of hydrogen-bond donors (Lipinski definition) is 0. The number of imidazole rings is 1. The first-order chi connectivity index (χ1) is 23.7. The zero-order valence-corrected chi connectivity index (χ0v) is 21.8. The van der Waals surface area contributed by atoms with Gasteiger partial charge in [0.15, 0.2) is 0 Å². The van der Waals surface area contributed by atoms with Crippen molar-refractivity contribution in [1.82, 2.24) is 9.55 Å². The third-order valence-corrected chi connectivity index (χ3v) is 7.42. The van der Waals surface area contributed by atoms with Crippen molar-refractivity contribution in [2.45, 2.75) is 0 Å². The highest BCUT2D eigenvalue weighted by atomic mass is 15.1. The summed E-state index contributed by atoms with van der Waals surface area (Å²) < 4.78 is 73.4.